The lowest BCUT2D eigenvalue weighted by molar-refractivity contribution is -0.116. The van der Waals surface area contributed by atoms with E-state index in [1.165, 1.54) is 5.56 Å². The van der Waals surface area contributed by atoms with E-state index in [0.717, 1.165) is 5.56 Å². The minimum atomic E-state index is -0.379. The molecular weight excluding hydrogens is 236 g/mol. The molecule has 0 bridgehead atoms. The third-order valence-corrected chi connectivity index (χ3v) is 2.69. The van der Waals surface area contributed by atoms with Crippen LogP contribution in [0.25, 0.3) is 6.08 Å². The lowest BCUT2D eigenvalue weighted by atomic mass is 10.0. The Morgan fingerprint density at radius 3 is 2.53 bits per heavy atom. The lowest BCUT2D eigenvalue weighted by Gasteiger charge is -2.05. The second kappa shape index (κ2) is 7.17. The Balaban J connectivity index is 2.89. The van der Waals surface area contributed by atoms with Crippen LogP contribution < -0.4 is 5.32 Å². The highest BCUT2D eigenvalue weighted by atomic mass is 16.1. The Morgan fingerprint density at radius 1 is 1.42 bits per heavy atom. The molecule has 0 aliphatic rings. The maximum absolute atomic E-state index is 11.7. The topological polar surface area (TPSA) is 52.9 Å². The smallest absolute Gasteiger partial charge is 0.262 e. The first kappa shape index (κ1) is 14.7. The fraction of sp³-hybridized carbons (Fsp3) is 0.250. The summed E-state index contributed by atoms with van der Waals surface area (Å²) in [5, 5.41) is 11.6. The minimum Gasteiger partial charge on any atom is -0.348 e. The average molecular weight is 254 g/mol. The highest BCUT2D eigenvalue weighted by Gasteiger charge is 2.07. The van der Waals surface area contributed by atoms with Crippen molar-refractivity contribution < 1.29 is 4.79 Å². The quantitative estimate of drug-likeness (QED) is 0.499. The van der Waals surface area contributed by atoms with E-state index in [2.05, 4.69) is 25.7 Å². The van der Waals surface area contributed by atoms with Crippen LogP contribution in [0.5, 0.6) is 0 Å². The highest BCUT2D eigenvalue weighted by Crippen LogP contribution is 2.16. The Morgan fingerprint density at radius 2 is 2.05 bits per heavy atom. The monoisotopic (exact) mass is 254 g/mol. The number of amides is 1. The Hall–Kier alpha value is -2.34. The van der Waals surface area contributed by atoms with Crippen LogP contribution in [-0.2, 0) is 4.79 Å². The van der Waals surface area contributed by atoms with E-state index < -0.39 is 0 Å². The van der Waals surface area contributed by atoms with Gasteiger partial charge in [-0.3, -0.25) is 4.79 Å². The molecule has 19 heavy (non-hydrogen) atoms. The summed E-state index contributed by atoms with van der Waals surface area (Å²) in [6.07, 6.45) is 3.16. The Bertz CT molecular complexity index is 519. The predicted octanol–water partition coefficient (Wildman–Crippen LogP) is 3.02. The van der Waals surface area contributed by atoms with Crippen molar-refractivity contribution in [1.29, 1.82) is 5.26 Å². The molecule has 1 amide bonds. The van der Waals surface area contributed by atoms with E-state index in [1.54, 1.807) is 12.2 Å². The van der Waals surface area contributed by atoms with Crippen molar-refractivity contribution >= 4 is 12.0 Å². The second-order valence-corrected chi connectivity index (χ2v) is 4.49. The van der Waals surface area contributed by atoms with E-state index in [1.807, 2.05) is 30.3 Å². The van der Waals surface area contributed by atoms with Gasteiger partial charge in [0.1, 0.15) is 11.6 Å². The first-order valence-electron chi connectivity index (χ1n) is 6.19. The molecule has 0 spiro atoms. The van der Waals surface area contributed by atoms with Crippen molar-refractivity contribution in [3.05, 3.63) is 53.6 Å². The van der Waals surface area contributed by atoms with Gasteiger partial charge in [0, 0.05) is 6.54 Å². The lowest BCUT2D eigenvalue weighted by Crippen LogP contribution is -2.24. The fourth-order valence-electron chi connectivity index (χ4n) is 1.55. The molecular formula is C16H18N2O. The molecule has 98 valence electrons. The molecule has 0 fully saturated rings. The molecule has 1 rings (SSSR count). The van der Waals surface area contributed by atoms with Crippen molar-refractivity contribution in [2.75, 3.05) is 6.54 Å². The van der Waals surface area contributed by atoms with E-state index >= 15 is 0 Å². The zero-order valence-corrected chi connectivity index (χ0v) is 11.3. The zero-order valence-electron chi connectivity index (χ0n) is 11.3. The average Bonchev–Trinajstić information content (AvgIpc) is 2.42. The number of hydrogen-bond acceptors (Lipinski definition) is 2. The normalized spacial score (nSPS) is 10.9. The zero-order chi connectivity index (χ0) is 14.3. The van der Waals surface area contributed by atoms with Crippen LogP contribution in [0.3, 0.4) is 0 Å². The van der Waals surface area contributed by atoms with Crippen LogP contribution in [0.2, 0.25) is 0 Å². The van der Waals surface area contributed by atoms with Gasteiger partial charge in [-0.25, -0.2) is 0 Å². The Labute approximate surface area is 114 Å². The molecule has 0 radical (unpaired) electrons. The van der Waals surface area contributed by atoms with Gasteiger partial charge in [-0.2, -0.15) is 5.26 Å². The number of hydrogen-bond donors (Lipinski definition) is 1. The second-order valence-electron chi connectivity index (χ2n) is 4.49. The summed E-state index contributed by atoms with van der Waals surface area (Å²) >= 11 is 0. The highest BCUT2D eigenvalue weighted by molar-refractivity contribution is 6.01. The number of nitrogens with one attached hydrogen (secondary N) is 1. The van der Waals surface area contributed by atoms with Gasteiger partial charge in [0.2, 0.25) is 0 Å². The molecule has 3 nitrogen and oxygen atoms in total. The van der Waals surface area contributed by atoms with E-state index in [0.29, 0.717) is 12.5 Å². The van der Waals surface area contributed by atoms with Crippen LogP contribution >= 0.6 is 0 Å². The van der Waals surface area contributed by atoms with Crippen molar-refractivity contribution in [1.82, 2.24) is 5.32 Å². The summed E-state index contributed by atoms with van der Waals surface area (Å²) in [7, 11) is 0. The third kappa shape index (κ3) is 4.44. The van der Waals surface area contributed by atoms with Gasteiger partial charge in [-0.05, 0) is 23.1 Å². The molecule has 3 heteroatoms. The van der Waals surface area contributed by atoms with Crippen LogP contribution in [0.15, 0.2) is 42.5 Å². The molecule has 1 aromatic rings. The molecule has 0 aromatic heterocycles. The molecule has 1 aromatic carbocycles. The van der Waals surface area contributed by atoms with Gasteiger partial charge < -0.3 is 5.32 Å². The van der Waals surface area contributed by atoms with Gasteiger partial charge in [-0.15, -0.1) is 6.58 Å². The molecule has 0 heterocycles. The van der Waals surface area contributed by atoms with Crippen molar-refractivity contribution in [2.45, 2.75) is 19.8 Å². The third-order valence-electron chi connectivity index (χ3n) is 2.69. The Kier molecular flexibility index (Phi) is 5.56. The first-order valence-corrected chi connectivity index (χ1v) is 6.19. The van der Waals surface area contributed by atoms with Crippen LogP contribution in [-0.4, -0.2) is 12.5 Å². The maximum Gasteiger partial charge on any atom is 0.262 e. The van der Waals surface area contributed by atoms with Crippen molar-refractivity contribution in [2.24, 2.45) is 0 Å². The summed E-state index contributed by atoms with van der Waals surface area (Å²) < 4.78 is 0. The van der Waals surface area contributed by atoms with Gasteiger partial charge >= 0.3 is 0 Å². The molecule has 0 unspecified atom stereocenters. The van der Waals surface area contributed by atoms with Gasteiger partial charge in [0.05, 0.1) is 0 Å². The van der Waals surface area contributed by atoms with E-state index in [4.69, 9.17) is 5.26 Å². The van der Waals surface area contributed by atoms with Gasteiger partial charge in [0.15, 0.2) is 0 Å². The van der Waals surface area contributed by atoms with Crippen molar-refractivity contribution in [3.8, 4) is 6.07 Å². The minimum absolute atomic E-state index is 0.0964. The number of carbonyl (C=O) groups excluding carboxylic acids is 1. The SMILES string of the molecule is C=CCNC(=O)C(C#N)=Cc1ccc(C(C)C)cc1. The van der Waals surface area contributed by atoms with Crippen molar-refractivity contribution in [3.63, 3.8) is 0 Å². The van der Waals surface area contributed by atoms with Crippen LogP contribution in [0.1, 0.15) is 30.9 Å². The van der Waals surface area contributed by atoms with Gasteiger partial charge in [-0.1, -0.05) is 44.2 Å². The largest absolute Gasteiger partial charge is 0.348 e. The van der Waals surface area contributed by atoms with E-state index in [9.17, 15) is 4.79 Å². The first-order chi connectivity index (χ1) is 9.08. The van der Waals surface area contributed by atoms with Gasteiger partial charge in [0.25, 0.3) is 5.91 Å². The molecule has 0 aliphatic carbocycles. The summed E-state index contributed by atoms with van der Waals surface area (Å²) in [5.41, 5.74) is 2.17. The molecule has 0 aliphatic heterocycles. The molecule has 0 atom stereocenters. The van der Waals surface area contributed by atoms with Crippen LogP contribution in [0.4, 0.5) is 0 Å². The molecule has 0 saturated heterocycles. The van der Waals surface area contributed by atoms with Crippen LogP contribution in [0, 0.1) is 11.3 Å². The summed E-state index contributed by atoms with van der Waals surface area (Å²) in [4.78, 5) is 11.7. The summed E-state index contributed by atoms with van der Waals surface area (Å²) in [6, 6.07) is 9.75. The number of rotatable bonds is 5. The standard InChI is InChI=1S/C16H18N2O/c1-4-9-18-16(19)15(11-17)10-13-5-7-14(8-6-13)12(2)3/h4-8,10,12H,1,9H2,2-3H3,(H,18,19). The molecule has 1 N–H and O–H groups in total. The molecule has 0 saturated carbocycles. The fourth-order valence-corrected chi connectivity index (χ4v) is 1.55. The number of nitrogens with zero attached hydrogens (tertiary/aromatic N) is 1. The number of benzene rings is 1. The van der Waals surface area contributed by atoms with E-state index in [-0.39, 0.29) is 11.5 Å². The number of nitriles is 1. The maximum atomic E-state index is 11.7. The summed E-state index contributed by atoms with van der Waals surface area (Å²) in [5.74, 6) is 0.0830. The predicted molar refractivity (Wildman–Crippen MR) is 77.3 cm³/mol. The number of carbonyl (C=O) groups is 1. The summed E-state index contributed by atoms with van der Waals surface area (Å²) in [6.45, 7) is 8.10.